The maximum atomic E-state index is 13.2. The zero-order valence-electron chi connectivity index (χ0n) is 14.2. The zero-order chi connectivity index (χ0) is 20.3. The standard InChI is InChI=1S/C18H14F4N2O3S/c19-12-4-6-13(7-5-12)23-15-9-28(26,27)10-16(15)24(17(23)25)14-3-1-2-11(8-14)18(20,21)22/h1-8,15-16H,9-10H2/t15-,16+/m0/s1. The Morgan fingerprint density at radius 2 is 1.46 bits per heavy atom. The second kappa shape index (κ2) is 6.20. The summed E-state index contributed by atoms with van der Waals surface area (Å²) in [6, 6.07) is 6.92. The van der Waals surface area contributed by atoms with Crippen molar-refractivity contribution in [3.63, 3.8) is 0 Å². The first-order valence-electron chi connectivity index (χ1n) is 8.32. The number of nitrogens with zero attached hydrogens (tertiary/aromatic N) is 2. The quantitative estimate of drug-likeness (QED) is 0.559. The number of alkyl halides is 3. The van der Waals surface area contributed by atoms with Crippen LogP contribution in [0, 0.1) is 5.82 Å². The molecule has 0 aromatic heterocycles. The molecule has 148 valence electrons. The maximum Gasteiger partial charge on any atom is 0.416 e. The molecule has 0 saturated carbocycles. The van der Waals surface area contributed by atoms with Gasteiger partial charge in [-0.1, -0.05) is 6.07 Å². The highest BCUT2D eigenvalue weighted by Gasteiger charge is 2.54. The Bertz CT molecular complexity index is 1040. The third kappa shape index (κ3) is 3.11. The summed E-state index contributed by atoms with van der Waals surface area (Å²) < 4.78 is 76.8. The minimum absolute atomic E-state index is 0.0310. The van der Waals surface area contributed by atoms with Crippen LogP contribution in [0.3, 0.4) is 0 Å². The normalized spacial score (nSPS) is 23.9. The van der Waals surface area contributed by atoms with Gasteiger partial charge in [0.2, 0.25) is 0 Å². The maximum absolute atomic E-state index is 13.2. The molecular formula is C18H14F4N2O3S. The van der Waals surface area contributed by atoms with Crippen molar-refractivity contribution in [1.29, 1.82) is 0 Å². The van der Waals surface area contributed by atoms with Gasteiger partial charge in [-0.25, -0.2) is 17.6 Å². The van der Waals surface area contributed by atoms with Crippen LogP contribution in [-0.4, -0.2) is 38.0 Å². The van der Waals surface area contributed by atoms with Gasteiger partial charge in [-0.15, -0.1) is 0 Å². The summed E-state index contributed by atoms with van der Waals surface area (Å²) in [7, 11) is -3.49. The van der Waals surface area contributed by atoms with Crippen molar-refractivity contribution in [2.24, 2.45) is 0 Å². The molecule has 28 heavy (non-hydrogen) atoms. The van der Waals surface area contributed by atoms with Crippen molar-refractivity contribution in [3.8, 4) is 0 Å². The fourth-order valence-electron chi connectivity index (χ4n) is 3.74. The molecule has 4 rings (SSSR count). The van der Waals surface area contributed by atoms with E-state index >= 15 is 0 Å². The van der Waals surface area contributed by atoms with Gasteiger partial charge < -0.3 is 0 Å². The number of anilines is 2. The molecule has 2 saturated heterocycles. The second-order valence-corrected chi connectivity index (χ2v) is 8.91. The molecule has 2 amide bonds. The minimum atomic E-state index is -4.60. The van der Waals surface area contributed by atoms with E-state index in [9.17, 15) is 30.8 Å². The SMILES string of the molecule is O=C1N(c2cccc(C(F)(F)F)c2)[C@@H]2CS(=O)(=O)C[C@@H]2N1c1ccc(F)cc1. The first kappa shape index (κ1) is 18.7. The van der Waals surface area contributed by atoms with Crippen molar-refractivity contribution in [1.82, 2.24) is 0 Å². The molecule has 0 aliphatic carbocycles. The average Bonchev–Trinajstić information content (AvgIpc) is 3.04. The predicted octanol–water partition coefficient (Wildman–Crippen LogP) is 3.46. The first-order chi connectivity index (χ1) is 13.1. The Morgan fingerprint density at radius 1 is 0.893 bits per heavy atom. The number of fused-ring (bicyclic) bond motifs is 1. The van der Waals surface area contributed by atoms with Crippen LogP contribution in [0.1, 0.15) is 5.56 Å². The largest absolute Gasteiger partial charge is 0.416 e. The van der Waals surface area contributed by atoms with Crippen LogP contribution < -0.4 is 9.80 Å². The number of carbonyl (C=O) groups excluding carboxylic acids is 1. The number of halogens is 4. The smallest absolute Gasteiger partial charge is 0.288 e. The predicted molar refractivity (Wildman–Crippen MR) is 94.4 cm³/mol. The van der Waals surface area contributed by atoms with Crippen molar-refractivity contribution >= 4 is 27.2 Å². The molecule has 2 aromatic rings. The van der Waals surface area contributed by atoms with Crippen molar-refractivity contribution in [3.05, 3.63) is 59.9 Å². The summed E-state index contributed by atoms with van der Waals surface area (Å²) in [5.41, 5.74) is -0.681. The van der Waals surface area contributed by atoms with Gasteiger partial charge in [-0.05, 0) is 42.5 Å². The molecule has 2 aliphatic rings. The first-order valence-corrected chi connectivity index (χ1v) is 10.1. The Labute approximate surface area is 158 Å². The molecule has 0 spiro atoms. The summed E-state index contributed by atoms with van der Waals surface area (Å²) in [6.45, 7) is 0. The molecule has 2 heterocycles. The van der Waals surface area contributed by atoms with Crippen LogP contribution in [0.25, 0.3) is 0 Å². The van der Waals surface area contributed by atoms with E-state index in [-0.39, 0.29) is 22.9 Å². The molecule has 0 unspecified atom stereocenters. The number of rotatable bonds is 2. The number of amides is 2. The van der Waals surface area contributed by atoms with E-state index in [4.69, 9.17) is 0 Å². The summed E-state index contributed by atoms with van der Waals surface area (Å²) in [5.74, 6) is -1.19. The average molecular weight is 414 g/mol. The van der Waals surface area contributed by atoms with Gasteiger partial charge in [0.1, 0.15) is 5.82 Å². The molecule has 0 radical (unpaired) electrons. The van der Waals surface area contributed by atoms with Gasteiger partial charge in [-0.3, -0.25) is 9.80 Å². The molecule has 2 atom stereocenters. The van der Waals surface area contributed by atoms with Gasteiger partial charge in [0.15, 0.2) is 9.84 Å². The lowest BCUT2D eigenvalue weighted by molar-refractivity contribution is -0.137. The Morgan fingerprint density at radius 3 is 2.04 bits per heavy atom. The van der Waals surface area contributed by atoms with E-state index in [2.05, 4.69) is 0 Å². The van der Waals surface area contributed by atoms with Gasteiger partial charge >= 0.3 is 12.2 Å². The number of urea groups is 1. The highest BCUT2D eigenvalue weighted by molar-refractivity contribution is 7.91. The number of hydrogen-bond donors (Lipinski definition) is 0. The summed E-state index contributed by atoms with van der Waals surface area (Å²) >= 11 is 0. The molecule has 0 bridgehead atoms. The van der Waals surface area contributed by atoms with E-state index < -0.39 is 45.5 Å². The van der Waals surface area contributed by atoms with E-state index in [0.29, 0.717) is 0 Å². The topological polar surface area (TPSA) is 57.7 Å². The van der Waals surface area contributed by atoms with E-state index in [1.165, 1.54) is 29.2 Å². The number of sulfone groups is 1. The minimum Gasteiger partial charge on any atom is -0.288 e. The van der Waals surface area contributed by atoms with Crippen molar-refractivity contribution in [2.45, 2.75) is 18.3 Å². The third-order valence-corrected chi connectivity index (χ3v) is 6.62. The van der Waals surface area contributed by atoms with Crippen LogP contribution in [0.5, 0.6) is 0 Å². The fraction of sp³-hybridized carbons (Fsp3) is 0.278. The van der Waals surface area contributed by atoms with Crippen LogP contribution in [-0.2, 0) is 16.0 Å². The molecule has 0 N–H and O–H groups in total. The number of carbonyl (C=O) groups is 1. The summed E-state index contributed by atoms with van der Waals surface area (Å²) in [4.78, 5) is 15.4. The lowest BCUT2D eigenvalue weighted by Crippen LogP contribution is -2.38. The van der Waals surface area contributed by atoms with Crippen molar-refractivity contribution < 1.29 is 30.8 Å². The monoisotopic (exact) mass is 414 g/mol. The number of benzene rings is 2. The Balaban J connectivity index is 1.80. The lowest BCUT2D eigenvalue weighted by atomic mass is 10.1. The second-order valence-electron chi connectivity index (χ2n) is 6.76. The molecule has 2 aliphatic heterocycles. The van der Waals surface area contributed by atoms with Crippen LogP contribution in [0.15, 0.2) is 48.5 Å². The lowest BCUT2D eigenvalue weighted by Gasteiger charge is -2.23. The molecule has 2 aromatic carbocycles. The molecular weight excluding hydrogens is 400 g/mol. The van der Waals surface area contributed by atoms with Crippen molar-refractivity contribution in [2.75, 3.05) is 21.3 Å². The van der Waals surface area contributed by atoms with E-state index in [1.54, 1.807) is 0 Å². The van der Waals surface area contributed by atoms with Crippen LogP contribution in [0.4, 0.5) is 33.7 Å². The van der Waals surface area contributed by atoms with Gasteiger partial charge in [-0.2, -0.15) is 13.2 Å². The summed E-state index contributed by atoms with van der Waals surface area (Å²) in [5, 5.41) is 0. The zero-order valence-corrected chi connectivity index (χ0v) is 15.0. The van der Waals surface area contributed by atoms with E-state index in [1.807, 2.05) is 0 Å². The molecule has 5 nitrogen and oxygen atoms in total. The highest BCUT2D eigenvalue weighted by atomic mass is 32.2. The fourth-order valence-corrected chi connectivity index (χ4v) is 5.66. The van der Waals surface area contributed by atoms with Crippen LogP contribution in [0.2, 0.25) is 0 Å². The Kier molecular flexibility index (Phi) is 4.14. The van der Waals surface area contributed by atoms with Crippen LogP contribution >= 0.6 is 0 Å². The molecule has 10 heteroatoms. The third-order valence-electron chi connectivity index (χ3n) is 4.93. The summed E-state index contributed by atoms with van der Waals surface area (Å²) in [6.07, 6.45) is -4.60. The van der Waals surface area contributed by atoms with Gasteiger partial charge in [0.05, 0.1) is 29.2 Å². The molecule has 2 fully saturated rings. The van der Waals surface area contributed by atoms with Gasteiger partial charge in [0.25, 0.3) is 0 Å². The highest BCUT2D eigenvalue weighted by Crippen LogP contribution is 2.39. The number of hydrogen-bond acceptors (Lipinski definition) is 3. The van der Waals surface area contributed by atoms with Gasteiger partial charge in [0, 0.05) is 11.4 Å². The van der Waals surface area contributed by atoms with E-state index in [0.717, 1.165) is 29.2 Å². The Hall–Kier alpha value is -2.62.